The van der Waals surface area contributed by atoms with Crippen LogP contribution in [-0.2, 0) is 25.8 Å². The SMILES string of the molecule is O=C(Oc1ccc(Cl)cc1C(=O)Nc1ccc([N+](=O)[O-])cc1Cl)c1cc[c-]cc1.[Sc]. The Balaban J connectivity index is 0.00000320. The van der Waals surface area contributed by atoms with Crippen LogP contribution in [0.15, 0.2) is 60.7 Å². The Bertz CT molecular complexity index is 1110. The summed E-state index contributed by atoms with van der Waals surface area (Å²) < 4.78 is 5.33. The zero-order chi connectivity index (χ0) is 21.0. The number of nitrogens with one attached hydrogen (secondary N) is 1. The standard InChI is InChI=1S/C20H11Cl2N2O5.Sc/c21-13-6-9-18(29-20(26)12-4-2-1-3-5-12)15(10-13)19(25)23-17-8-7-14(24(27)28)11-16(17)22;/h2-11H,(H,23,25);/q-1;. The van der Waals surface area contributed by atoms with Crippen LogP contribution >= 0.6 is 23.2 Å². The minimum Gasteiger partial charge on any atom is -0.424 e. The zero-order valence-corrected chi connectivity index (χ0v) is 18.4. The van der Waals surface area contributed by atoms with E-state index in [4.69, 9.17) is 27.9 Å². The van der Waals surface area contributed by atoms with E-state index in [0.717, 1.165) is 6.07 Å². The first-order valence-corrected chi connectivity index (χ1v) is 8.84. The molecule has 10 heteroatoms. The van der Waals surface area contributed by atoms with E-state index in [-0.39, 0.29) is 64.1 Å². The van der Waals surface area contributed by atoms with Gasteiger partial charge in [-0.15, -0.1) is 0 Å². The summed E-state index contributed by atoms with van der Waals surface area (Å²) in [5, 5.41) is 13.6. The summed E-state index contributed by atoms with van der Waals surface area (Å²) in [6.07, 6.45) is 0. The molecule has 3 aromatic rings. The van der Waals surface area contributed by atoms with E-state index in [1.165, 1.54) is 42.5 Å². The van der Waals surface area contributed by atoms with Gasteiger partial charge in [0.15, 0.2) is 0 Å². The molecule has 0 aliphatic heterocycles. The van der Waals surface area contributed by atoms with Crippen molar-refractivity contribution in [3.63, 3.8) is 0 Å². The molecule has 3 rings (SSSR count). The molecule has 1 amide bonds. The first-order valence-electron chi connectivity index (χ1n) is 8.08. The maximum atomic E-state index is 12.7. The minimum absolute atomic E-state index is 0. The van der Waals surface area contributed by atoms with Gasteiger partial charge in [-0.25, -0.2) is 4.79 Å². The van der Waals surface area contributed by atoms with Gasteiger partial charge in [0.05, 0.1) is 21.2 Å². The van der Waals surface area contributed by atoms with Crippen LogP contribution in [0.3, 0.4) is 0 Å². The molecule has 7 nitrogen and oxygen atoms in total. The Hall–Kier alpha value is -2.55. The molecular formula is C20H11Cl2N2O5Sc-. The molecule has 0 spiro atoms. The monoisotopic (exact) mass is 474 g/mol. The molecule has 0 aliphatic carbocycles. The second-order valence-electron chi connectivity index (χ2n) is 5.69. The third kappa shape index (κ3) is 5.75. The van der Waals surface area contributed by atoms with Gasteiger partial charge in [0, 0.05) is 43.0 Å². The number of esters is 1. The maximum absolute atomic E-state index is 12.7. The van der Waals surface area contributed by atoms with Gasteiger partial charge in [0.2, 0.25) is 0 Å². The van der Waals surface area contributed by atoms with Gasteiger partial charge in [-0.1, -0.05) is 23.2 Å². The van der Waals surface area contributed by atoms with E-state index in [2.05, 4.69) is 11.4 Å². The zero-order valence-electron chi connectivity index (χ0n) is 15.1. The molecule has 0 fully saturated rings. The van der Waals surface area contributed by atoms with Crippen molar-refractivity contribution in [1.82, 2.24) is 0 Å². The van der Waals surface area contributed by atoms with E-state index in [9.17, 15) is 19.7 Å². The normalized spacial score (nSPS) is 9.93. The van der Waals surface area contributed by atoms with Crippen LogP contribution in [-0.4, -0.2) is 16.8 Å². The van der Waals surface area contributed by atoms with Crippen molar-refractivity contribution in [3.05, 3.63) is 98.0 Å². The van der Waals surface area contributed by atoms with Crippen molar-refractivity contribution in [1.29, 1.82) is 0 Å². The molecule has 0 unspecified atom stereocenters. The predicted octanol–water partition coefficient (Wildman–Crippen LogP) is 5.17. The molecule has 0 aliphatic rings. The molecule has 0 atom stereocenters. The molecule has 0 bridgehead atoms. The first-order chi connectivity index (χ1) is 13.8. The molecular weight excluding hydrogens is 464 g/mol. The number of nitro benzene ring substituents is 1. The van der Waals surface area contributed by atoms with Crippen LogP contribution in [0.1, 0.15) is 20.7 Å². The van der Waals surface area contributed by atoms with Gasteiger partial charge < -0.3 is 10.1 Å². The number of ether oxygens (including phenoxy) is 1. The van der Waals surface area contributed by atoms with E-state index in [1.807, 2.05) is 0 Å². The van der Waals surface area contributed by atoms with Crippen LogP contribution in [0.5, 0.6) is 5.75 Å². The molecule has 0 heterocycles. The summed E-state index contributed by atoms with van der Waals surface area (Å²) in [4.78, 5) is 35.2. The van der Waals surface area contributed by atoms with E-state index >= 15 is 0 Å². The van der Waals surface area contributed by atoms with E-state index < -0.39 is 16.8 Å². The summed E-state index contributed by atoms with van der Waals surface area (Å²) in [7, 11) is 0. The average Bonchev–Trinajstić information content (AvgIpc) is 2.71. The molecule has 0 saturated carbocycles. The number of halogens is 2. The molecule has 149 valence electrons. The van der Waals surface area contributed by atoms with Crippen molar-refractivity contribution in [3.8, 4) is 5.75 Å². The number of nitro groups is 1. The average molecular weight is 475 g/mol. The van der Waals surface area contributed by atoms with E-state index in [0.29, 0.717) is 0 Å². The Kier molecular flexibility index (Phi) is 8.28. The number of carbonyl (C=O) groups is 2. The number of anilines is 1. The van der Waals surface area contributed by atoms with Gasteiger partial charge >= 0.3 is 5.97 Å². The summed E-state index contributed by atoms with van der Waals surface area (Å²) in [6, 6.07) is 16.8. The molecule has 1 radical (unpaired) electrons. The smallest absolute Gasteiger partial charge is 0.318 e. The number of rotatable bonds is 5. The van der Waals surface area contributed by atoms with Crippen LogP contribution < -0.4 is 10.1 Å². The third-order valence-electron chi connectivity index (χ3n) is 3.75. The minimum atomic E-state index is -0.663. The third-order valence-corrected chi connectivity index (χ3v) is 4.30. The van der Waals surface area contributed by atoms with Crippen LogP contribution in [0.4, 0.5) is 11.4 Å². The van der Waals surface area contributed by atoms with Crippen molar-refractivity contribution in [2.75, 3.05) is 5.32 Å². The largest absolute Gasteiger partial charge is 0.424 e. The summed E-state index contributed by atoms with van der Waals surface area (Å²) in [6.45, 7) is 0. The van der Waals surface area contributed by atoms with Crippen molar-refractivity contribution in [2.24, 2.45) is 0 Å². The Morgan fingerprint density at radius 2 is 1.73 bits per heavy atom. The topological polar surface area (TPSA) is 98.5 Å². The number of benzene rings is 3. The van der Waals surface area contributed by atoms with Gasteiger partial charge in [-0.3, -0.25) is 14.9 Å². The van der Waals surface area contributed by atoms with Gasteiger partial charge in [0.25, 0.3) is 11.6 Å². The van der Waals surface area contributed by atoms with Crippen molar-refractivity contribution in [2.45, 2.75) is 0 Å². The summed E-state index contributed by atoms with van der Waals surface area (Å²) in [5.41, 5.74) is 0.204. The first kappa shape index (κ1) is 23.7. The fraction of sp³-hybridized carbons (Fsp3) is 0. The second-order valence-corrected chi connectivity index (χ2v) is 6.54. The number of amides is 1. The summed E-state index contributed by atoms with van der Waals surface area (Å²) >= 11 is 12.0. The Morgan fingerprint density at radius 3 is 2.37 bits per heavy atom. The van der Waals surface area contributed by atoms with Gasteiger partial charge in [0.1, 0.15) is 5.75 Å². The molecule has 0 saturated heterocycles. The number of hydrogen-bond donors (Lipinski definition) is 1. The number of nitrogens with zero attached hydrogens (tertiary/aromatic N) is 1. The van der Waals surface area contributed by atoms with Crippen LogP contribution in [0, 0.1) is 16.2 Å². The maximum Gasteiger partial charge on any atom is 0.318 e. The Morgan fingerprint density at radius 1 is 1.03 bits per heavy atom. The van der Waals surface area contributed by atoms with Crippen LogP contribution in [0.25, 0.3) is 0 Å². The van der Waals surface area contributed by atoms with Crippen LogP contribution in [0.2, 0.25) is 10.0 Å². The fourth-order valence-corrected chi connectivity index (χ4v) is 2.75. The Labute approximate surface area is 199 Å². The van der Waals surface area contributed by atoms with E-state index in [1.54, 1.807) is 12.1 Å². The number of hydrogen-bond acceptors (Lipinski definition) is 5. The molecule has 1 N–H and O–H groups in total. The second kappa shape index (κ2) is 10.5. The molecule has 3 aromatic carbocycles. The predicted molar refractivity (Wildman–Crippen MR) is 108 cm³/mol. The van der Waals surface area contributed by atoms with Crippen molar-refractivity contribution >= 4 is 46.5 Å². The summed E-state index contributed by atoms with van der Waals surface area (Å²) in [5.74, 6) is -1.33. The quantitative estimate of drug-likeness (QED) is 0.181. The number of carbonyl (C=O) groups excluding carboxylic acids is 2. The molecule has 30 heavy (non-hydrogen) atoms. The fourth-order valence-electron chi connectivity index (χ4n) is 2.36. The molecule has 0 aromatic heterocycles. The number of non-ortho nitro benzene ring substituents is 1. The van der Waals surface area contributed by atoms with Gasteiger partial charge in [-0.2, -0.15) is 30.3 Å². The van der Waals surface area contributed by atoms with Gasteiger partial charge in [-0.05, 0) is 29.8 Å². The van der Waals surface area contributed by atoms with Crippen molar-refractivity contribution < 1.29 is 45.1 Å².